The molecule has 3 rings (SSSR count). The number of H-pyrrole nitrogens is 1. The van der Waals surface area contributed by atoms with Crippen molar-refractivity contribution in [2.75, 3.05) is 12.3 Å². The number of nitrogen functional groups attached to an aromatic ring is 1. The predicted molar refractivity (Wildman–Crippen MR) is 79.8 cm³/mol. The Morgan fingerprint density at radius 1 is 1.35 bits per heavy atom. The van der Waals surface area contributed by atoms with E-state index in [1.165, 1.54) is 0 Å². The van der Waals surface area contributed by atoms with Gasteiger partial charge in [-0.3, -0.25) is 0 Å². The van der Waals surface area contributed by atoms with E-state index in [9.17, 15) is 8.42 Å². The molecule has 0 amide bonds. The van der Waals surface area contributed by atoms with Gasteiger partial charge in [0.25, 0.3) is 0 Å². The Balaban J connectivity index is 2.12. The fourth-order valence-electron chi connectivity index (χ4n) is 3.05. The van der Waals surface area contributed by atoms with Gasteiger partial charge in [0.1, 0.15) is 4.90 Å². The number of aromatic amines is 1. The molecule has 6 heteroatoms. The molecular formula is C14H19N3O2S. The minimum Gasteiger partial charge on any atom is -0.399 e. The van der Waals surface area contributed by atoms with E-state index in [-0.39, 0.29) is 6.04 Å². The molecule has 2 aromatic rings. The highest BCUT2D eigenvalue weighted by Crippen LogP contribution is 2.32. The predicted octanol–water partition coefficient (Wildman–Crippen LogP) is 2.17. The number of fused-ring (bicyclic) bond motifs is 1. The van der Waals surface area contributed by atoms with Gasteiger partial charge in [-0.25, -0.2) is 8.42 Å². The van der Waals surface area contributed by atoms with Crippen LogP contribution in [0.2, 0.25) is 0 Å². The molecule has 0 saturated carbocycles. The lowest BCUT2D eigenvalue weighted by Gasteiger charge is -2.20. The average Bonchev–Trinajstić information content (AvgIpc) is 2.92. The minimum absolute atomic E-state index is 0.0426. The SMILES string of the molecule is CC1CC(C)N(S(=O)(=O)c2c[nH]c3ccc(N)cc23)C1. The van der Waals surface area contributed by atoms with E-state index in [1.807, 2.05) is 6.92 Å². The lowest BCUT2D eigenvalue weighted by atomic mass is 10.1. The quantitative estimate of drug-likeness (QED) is 0.833. The first-order valence-corrected chi connectivity index (χ1v) is 8.22. The molecule has 0 spiro atoms. The Kier molecular flexibility index (Phi) is 3.02. The average molecular weight is 293 g/mol. The van der Waals surface area contributed by atoms with Crippen LogP contribution in [0.5, 0.6) is 0 Å². The summed E-state index contributed by atoms with van der Waals surface area (Å²) in [4.78, 5) is 3.33. The molecule has 1 aliphatic rings. The summed E-state index contributed by atoms with van der Waals surface area (Å²) in [5, 5.41) is 0.664. The first-order valence-electron chi connectivity index (χ1n) is 6.78. The molecule has 1 aromatic heterocycles. The van der Waals surface area contributed by atoms with Crippen LogP contribution in [-0.2, 0) is 10.0 Å². The molecule has 2 unspecified atom stereocenters. The van der Waals surface area contributed by atoms with Crippen LogP contribution in [0, 0.1) is 5.92 Å². The number of hydrogen-bond donors (Lipinski definition) is 2. The second-order valence-electron chi connectivity index (χ2n) is 5.72. The Morgan fingerprint density at radius 2 is 2.10 bits per heavy atom. The molecule has 1 aliphatic heterocycles. The smallest absolute Gasteiger partial charge is 0.245 e. The molecule has 0 radical (unpaired) electrons. The molecule has 5 nitrogen and oxygen atoms in total. The summed E-state index contributed by atoms with van der Waals surface area (Å²) in [6.07, 6.45) is 2.47. The standard InChI is InChI=1S/C14H19N3O2S/c1-9-5-10(2)17(8-9)20(18,19)14-7-16-13-4-3-11(15)6-12(13)14/h3-4,6-7,9-10,16H,5,8,15H2,1-2H3. The van der Waals surface area contributed by atoms with Crippen molar-refractivity contribution in [2.45, 2.75) is 31.2 Å². The highest BCUT2D eigenvalue weighted by Gasteiger charge is 2.37. The zero-order valence-corrected chi connectivity index (χ0v) is 12.4. The number of hydrogen-bond acceptors (Lipinski definition) is 3. The van der Waals surface area contributed by atoms with Crippen molar-refractivity contribution in [2.24, 2.45) is 5.92 Å². The zero-order chi connectivity index (χ0) is 14.5. The fraction of sp³-hybridized carbons (Fsp3) is 0.429. The summed E-state index contributed by atoms with van der Waals surface area (Å²) < 4.78 is 27.3. The molecule has 1 aromatic carbocycles. The van der Waals surface area contributed by atoms with Gasteiger partial charge in [-0.15, -0.1) is 0 Å². The van der Waals surface area contributed by atoms with Gasteiger partial charge in [-0.1, -0.05) is 6.92 Å². The highest BCUT2D eigenvalue weighted by molar-refractivity contribution is 7.89. The highest BCUT2D eigenvalue weighted by atomic mass is 32.2. The number of nitrogens with one attached hydrogen (secondary N) is 1. The third kappa shape index (κ3) is 1.99. The summed E-state index contributed by atoms with van der Waals surface area (Å²) >= 11 is 0. The fourth-order valence-corrected chi connectivity index (χ4v) is 4.97. The Hall–Kier alpha value is -1.53. The van der Waals surface area contributed by atoms with Crippen molar-refractivity contribution < 1.29 is 8.42 Å². The van der Waals surface area contributed by atoms with Gasteiger partial charge in [0.2, 0.25) is 10.0 Å². The topological polar surface area (TPSA) is 79.2 Å². The van der Waals surface area contributed by atoms with E-state index in [0.29, 0.717) is 28.4 Å². The molecule has 2 atom stereocenters. The van der Waals surface area contributed by atoms with Gasteiger partial charge >= 0.3 is 0 Å². The van der Waals surface area contributed by atoms with Gasteiger partial charge in [0.15, 0.2) is 0 Å². The van der Waals surface area contributed by atoms with Crippen molar-refractivity contribution in [1.29, 1.82) is 0 Å². The third-order valence-electron chi connectivity index (χ3n) is 3.98. The van der Waals surface area contributed by atoms with Crippen LogP contribution in [0.3, 0.4) is 0 Å². The van der Waals surface area contributed by atoms with Crippen LogP contribution in [0.4, 0.5) is 5.69 Å². The number of sulfonamides is 1. The number of anilines is 1. The maximum absolute atomic E-state index is 12.8. The van der Waals surface area contributed by atoms with E-state index in [1.54, 1.807) is 28.7 Å². The minimum atomic E-state index is -3.47. The summed E-state index contributed by atoms with van der Waals surface area (Å²) in [6.45, 7) is 4.63. The van der Waals surface area contributed by atoms with Crippen molar-refractivity contribution in [3.63, 3.8) is 0 Å². The van der Waals surface area contributed by atoms with Crippen LogP contribution < -0.4 is 5.73 Å². The van der Waals surface area contributed by atoms with E-state index >= 15 is 0 Å². The van der Waals surface area contributed by atoms with Crippen LogP contribution in [-0.4, -0.2) is 30.3 Å². The first kappa shape index (κ1) is 13.5. The van der Waals surface area contributed by atoms with Crippen molar-refractivity contribution in [3.8, 4) is 0 Å². The number of nitrogens with two attached hydrogens (primary N) is 1. The van der Waals surface area contributed by atoms with Crippen molar-refractivity contribution in [3.05, 3.63) is 24.4 Å². The lowest BCUT2D eigenvalue weighted by molar-refractivity contribution is 0.406. The van der Waals surface area contributed by atoms with Crippen LogP contribution in [0.15, 0.2) is 29.3 Å². The zero-order valence-electron chi connectivity index (χ0n) is 11.6. The molecule has 0 bridgehead atoms. The Labute approximate surface area is 118 Å². The monoisotopic (exact) mass is 293 g/mol. The Morgan fingerprint density at radius 3 is 2.75 bits per heavy atom. The van der Waals surface area contributed by atoms with Gasteiger partial charge < -0.3 is 10.7 Å². The molecule has 1 fully saturated rings. The van der Waals surface area contributed by atoms with E-state index in [0.717, 1.165) is 11.9 Å². The molecule has 0 aliphatic carbocycles. The van der Waals surface area contributed by atoms with Crippen LogP contribution >= 0.6 is 0 Å². The number of nitrogens with zero attached hydrogens (tertiary/aromatic N) is 1. The molecule has 20 heavy (non-hydrogen) atoms. The summed E-state index contributed by atoms with van der Waals surface area (Å²) in [5.74, 6) is 0.398. The van der Waals surface area contributed by atoms with Gasteiger partial charge in [0, 0.05) is 35.4 Å². The molecule has 108 valence electrons. The van der Waals surface area contributed by atoms with E-state index in [2.05, 4.69) is 11.9 Å². The summed E-state index contributed by atoms with van der Waals surface area (Å²) in [7, 11) is -3.47. The van der Waals surface area contributed by atoms with Crippen LogP contribution in [0.1, 0.15) is 20.3 Å². The number of benzene rings is 1. The summed E-state index contributed by atoms with van der Waals surface area (Å²) in [6, 6.07) is 5.32. The normalized spacial score (nSPS) is 24.5. The molecule has 2 heterocycles. The maximum Gasteiger partial charge on any atom is 0.245 e. The van der Waals surface area contributed by atoms with Gasteiger partial charge in [0.05, 0.1) is 0 Å². The first-order chi connectivity index (χ1) is 9.39. The van der Waals surface area contributed by atoms with Crippen molar-refractivity contribution >= 4 is 26.6 Å². The molecule has 1 saturated heterocycles. The Bertz CT molecular complexity index is 751. The van der Waals surface area contributed by atoms with Gasteiger partial charge in [-0.05, 0) is 37.5 Å². The third-order valence-corrected chi connectivity index (χ3v) is 6.00. The number of rotatable bonds is 2. The maximum atomic E-state index is 12.8. The lowest BCUT2D eigenvalue weighted by Crippen LogP contribution is -2.33. The van der Waals surface area contributed by atoms with E-state index in [4.69, 9.17) is 5.73 Å². The van der Waals surface area contributed by atoms with Crippen LogP contribution in [0.25, 0.3) is 10.9 Å². The number of aromatic nitrogens is 1. The second-order valence-corrected chi connectivity index (χ2v) is 7.58. The van der Waals surface area contributed by atoms with E-state index < -0.39 is 10.0 Å². The second kappa shape index (κ2) is 4.49. The largest absolute Gasteiger partial charge is 0.399 e. The van der Waals surface area contributed by atoms with Gasteiger partial charge in [-0.2, -0.15) is 4.31 Å². The summed E-state index contributed by atoms with van der Waals surface area (Å²) in [5.41, 5.74) is 7.13. The van der Waals surface area contributed by atoms with Crippen molar-refractivity contribution in [1.82, 2.24) is 9.29 Å². The molecule has 3 N–H and O–H groups in total. The molecular weight excluding hydrogens is 274 g/mol.